The van der Waals surface area contributed by atoms with Crippen LogP contribution in [0.4, 0.5) is 5.69 Å². The third kappa shape index (κ3) is 5.32. The quantitative estimate of drug-likeness (QED) is 0.441. The van der Waals surface area contributed by atoms with Crippen LogP contribution in [0.2, 0.25) is 0 Å². The van der Waals surface area contributed by atoms with E-state index in [1.165, 1.54) is 21.7 Å². The lowest BCUT2D eigenvalue weighted by Gasteiger charge is -2.21. The number of aromatic nitrogens is 4. The highest BCUT2D eigenvalue weighted by molar-refractivity contribution is 7.99. The number of hydrogen-bond donors (Lipinski definition) is 1. The Kier molecular flexibility index (Phi) is 6.80. The fraction of sp³-hybridized carbons (Fsp3) is 0.211. The van der Waals surface area contributed by atoms with E-state index in [0.29, 0.717) is 16.5 Å². The number of esters is 1. The molecule has 0 atom stereocenters. The van der Waals surface area contributed by atoms with Gasteiger partial charge in [0.05, 0.1) is 18.0 Å². The van der Waals surface area contributed by atoms with Gasteiger partial charge in [-0.05, 0) is 53.7 Å². The molecule has 0 aliphatic rings. The number of thioether (sulfide) groups is 1. The normalized spacial score (nSPS) is 10.5. The number of hydrogen-bond acceptors (Lipinski definition) is 8. The Morgan fingerprint density at radius 2 is 1.86 bits per heavy atom. The number of benzene rings is 2. The SMILES string of the molecule is CCOC(=O)CN(C(=O)CSc1nnnn1-c1ccc(O)cc1)c1ccccc1. The number of phenols is 1. The molecule has 0 aliphatic carbocycles. The van der Waals surface area contributed by atoms with Crippen molar-refractivity contribution in [3.8, 4) is 11.4 Å². The summed E-state index contributed by atoms with van der Waals surface area (Å²) in [7, 11) is 0. The second-order valence-electron chi connectivity index (χ2n) is 5.80. The second-order valence-corrected chi connectivity index (χ2v) is 6.74. The van der Waals surface area contributed by atoms with Gasteiger partial charge in [-0.15, -0.1) is 5.10 Å². The molecule has 1 N–H and O–H groups in total. The summed E-state index contributed by atoms with van der Waals surface area (Å²) in [5, 5.41) is 21.4. The highest BCUT2D eigenvalue weighted by Gasteiger charge is 2.21. The van der Waals surface area contributed by atoms with Crippen LogP contribution >= 0.6 is 11.8 Å². The molecular formula is C19H19N5O4S. The number of amides is 1. The summed E-state index contributed by atoms with van der Waals surface area (Å²) < 4.78 is 6.45. The van der Waals surface area contributed by atoms with Crippen LogP contribution in [0.3, 0.4) is 0 Å². The average Bonchev–Trinajstić information content (AvgIpc) is 3.20. The maximum absolute atomic E-state index is 12.9. The van der Waals surface area contributed by atoms with Crippen molar-refractivity contribution >= 4 is 29.3 Å². The Morgan fingerprint density at radius 1 is 1.14 bits per heavy atom. The van der Waals surface area contributed by atoms with Crippen LogP contribution in [0.15, 0.2) is 59.8 Å². The first-order chi connectivity index (χ1) is 14.1. The first kappa shape index (κ1) is 20.3. The van der Waals surface area contributed by atoms with E-state index in [2.05, 4.69) is 15.5 Å². The number of rotatable bonds is 8. The van der Waals surface area contributed by atoms with Crippen LogP contribution in [0, 0.1) is 0 Å². The lowest BCUT2D eigenvalue weighted by atomic mass is 10.3. The zero-order valence-corrected chi connectivity index (χ0v) is 16.5. The fourth-order valence-electron chi connectivity index (χ4n) is 2.50. The molecule has 0 bridgehead atoms. The Labute approximate surface area is 171 Å². The molecule has 0 saturated heterocycles. The van der Waals surface area contributed by atoms with E-state index in [1.54, 1.807) is 43.3 Å². The lowest BCUT2D eigenvalue weighted by Crippen LogP contribution is -2.37. The molecule has 29 heavy (non-hydrogen) atoms. The molecule has 1 aromatic heterocycles. The number of ether oxygens (including phenoxy) is 1. The molecule has 3 aromatic rings. The topological polar surface area (TPSA) is 110 Å². The van der Waals surface area contributed by atoms with Crippen molar-refractivity contribution in [3.63, 3.8) is 0 Å². The maximum atomic E-state index is 12.9. The van der Waals surface area contributed by atoms with Gasteiger partial charge in [-0.3, -0.25) is 9.59 Å². The molecule has 0 fully saturated rings. The summed E-state index contributed by atoms with van der Waals surface area (Å²) >= 11 is 1.15. The molecule has 0 radical (unpaired) electrons. The van der Waals surface area contributed by atoms with Gasteiger partial charge in [-0.25, -0.2) is 0 Å². The molecule has 10 heteroatoms. The van der Waals surface area contributed by atoms with Gasteiger partial charge in [0.25, 0.3) is 0 Å². The molecule has 0 saturated carbocycles. The zero-order chi connectivity index (χ0) is 20.6. The van der Waals surface area contributed by atoms with Gasteiger partial charge in [0.15, 0.2) is 0 Å². The largest absolute Gasteiger partial charge is 0.508 e. The minimum atomic E-state index is -0.483. The van der Waals surface area contributed by atoms with Crippen LogP contribution in [-0.4, -0.2) is 56.1 Å². The van der Waals surface area contributed by atoms with Gasteiger partial charge in [-0.2, -0.15) is 4.68 Å². The average molecular weight is 413 g/mol. The number of para-hydroxylation sites is 1. The fourth-order valence-corrected chi connectivity index (χ4v) is 3.26. The van der Waals surface area contributed by atoms with Crippen molar-refractivity contribution in [2.24, 2.45) is 0 Å². The maximum Gasteiger partial charge on any atom is 0.326 e. The Bertz CT molecular complexity index is 962. The standard InChI is InChI=1S/C19H19N5O4S/c1-2-28-18(27)12-23(14-6-4-3-5-7-14)17(26)13-29-19-20-21-22-24(19)15-8-10-16(25)11-9-15/h3-11,25H,2,12-13H2,1H3. The number of phenolic OH excluding ortho intramolecular Hbond substituents is 1. The van der Waals surface area contributed by atoms with Gasteiger partial charge in [0.2, 0.25) is 11.1 Å². The molecule has 1 heterocycles. The number of nitrogens with zero attached hydrogens (tertiary/aromatic N) is 5. The van der Waals surface area contributed by atoms with Crippen LogP contribution < -0.4 is 4.90 Å². The molecule has 150 valence electrons. The molecule has 1 amide bonds. The molecular weight excluding hydrogens is 394 g/mol. The third-order valence-electron chi connectivity index (χ3n) is 3.82. The van der Waals surface area contributed by atoms with Crippen molar-refractivity contribution in [2.75, 3.05) is 23.8 Å². The molecule has 0 aliphatic heterocycles. The van der Waals surface area contributed by atoms with E-state index in [0.717, 1.165) is 11.8 Å². The third-order valence-corrected chi connectivity index (χ3v) is 4.73. The van der Waals surface area contributed by atoms with Crippen LogP contribution in [0.5, 0.6) is 5.75 Å². The van der Waals surface area contributed by atoms with Crippen molar-refractivity contribution < 1.29 is 19.4 Å². The highest BCUT2D eigenvalue weighted by Crippen LogP contribution is 2.22. The second kappa shape index (κ2) is 9.69. The summed E-state index contributed by atoms with van der Waals surface area (Å²) in [6, 6.07) is 15.3. The number of carbonyl (C=O) groups is 2. The highest BCUT2D eigenvalue weighted by atomic mass is 32.2. The van der Waals surface area contributed by atoms with Gasteiger partial charge < -0.3 is 14.7 Å². The van der Waals surface area contributed by atoms with Gasteiger partial charge in [0, 0.05) is 5.69 Å². The van der Waals surface area contributed by atoms with E-state index in [-0.39, 0.29) is 30.6 Å². The van der Waals surface area contributed by atoms with E-state index in [4.69, 9.17) is 4.74 Å². The lowest BCUT2D eigenvalue weighted by molar-refractivity contribution is -0.142. The van der Waals surface area contributed by atoms with Crippen molar-refractivity contribution in [1.82, 2.24) is 20.2 Å². The van der Waals surface area contributed by atoms with Crippen molar-refractivity contribution in [1.29, 1.82) is 0 Å². The number of aromatic hydroxyl groups is 1. The van der Waals surface area contributed by atoms with Crippen LogP contribution in [-0.2, 0) is 14.3 Å². The zero-order valence-electron chi connectivity index (χ0n) is 15.6. The van der Waals surface area contributed by atoms with Crippen LogP contribution in [0.1, 0.15) is 6.92 Å². The molecule has 9 nitrogen and oxygen atoms in total. The van der Waals surface area contributed by atoms with Gasteiger partial charge in [-0.1, -0.05) is 30.0 Å². The van der Waals surface area contributed by atoms with Crippen molar-refractivity contribution in [2.45, 2.75) is 12.1 Å². The molecule has 0 unspecified atom stereocenters. The predicted octanol–water partition coefficient (Wildman–Crippen LogP) is 2.06. The summed E-state index contributed by atoms with van der Waals surface area (Å²) in [6.07, 6.45) is 0. The van der Waals surface area contributed by atoms with Gasteiger partial charge in [0.1, 0.15) is 12.3 Å². The molecule has 2 aromatic carbocycles. The summed E-state index contributed by atoms with van der Waals surface area (Å²) in [5.74, 6) is -0.617. The number of carbonyl (C=O) groups excluding carboxylic acids is 2. The minimum absolute atomic E-state index is 0.0206. The monoisotopic (exact) mass is 413 g/mol. The summed E-state index contributed by atoms with van der Waals surface area (Å²) in [6.45, 7) is 1.78. The summed E-state index contributed by atoms with van der Waals surface area (Å²) in [5.41, 5.74) is 1.25. The predicted molar refractivity (Wildman–Crippen MR) is 107 cm³/mol. The first-order valence-electron chi connectivity index (χ1n) is 8.80. The Morgan fingerprint density at radius 3 is 2.55 bits per heavy atom. The van der Waals surface area contributed by atoms with E-state index in [9.17, 15) is 14.7 Å². The molecule has 3 rings (SSSR count). The summed E-state index contributed by atoms with van der Waals surface area (Å²) in [4.78, 5) is 26.2. The minimum Gasteiger partial charge on any atom is -0.508 e. The number of anilines is 1. The first-order valence-corrected chi connectivity index (χ1v) is 9.78. The Hall–Kier alpha value is -3.40. The Balaban J connectivity index is 1.73. The smallest absolute Gasteiger partial charge is 0.326 e. The van der Waals surface area contributed by atoms with Crippen molar-refractivity contribution in [3.05, 3.63) is 54.6 Å². The van der Waals surface area contributed by atoms with E-state index < -0.39 is 5.97 Å². The molecule has 0 spiro atoms. The van der Waals surface area contributed by atoms with Crippen LogP contribution in [0.25, 0.3) is 5.69 Å². The van der Waals surface area contributed by atoms with Gasteiger partial charge >= 0.3 is 5.97 Å². The van der Waals surface area contributed by atoms with E-state index in [1.807, 2.05) is 6.07 Å². The number of tetrazole rings is 1. The van der Waals surface area contributed by atoms with E-state index >= 15 is 0 Å².